The van der Waals surface area contributed by atoms with Gasteiger partial charge in [0.25, 0.3) is 0 Å². The third-order valence-electron chi connectivity index (χ3n) is 4.54. The third kappa shape index (κ3) is 2.25. The van der Waals surface area contributed by atoms with Gasteiger partial charge in [0.1, 0.15) is 6.29 Å². The summed E-state index contributed by atoms with van der Waals surface area (Å²) >= 11 is 0. The van der Waals surface area contributed by atoms with Gasteiger partial charge in [0, 0.05) is 28.9 Å². The molecule has 2 heteroatoms. The quantitative estimate of drug-likeness (QED) is 0.749. The van der Waals surface area contributed by atoms with Gasteiger partial charge < -0.3 is 4.90 Å². The van der Waals surface area contributed by atoms with E-state index in [9.17, 15) is 4.79 Å². The number of benzene rings is 2. The lowest BCUT2D eigenvalue weighted by Gasteiger charge is -2.29. The number of fused-ring (bicyclic) bond motifs is 1. The lowest BCUT2D eigenvalue weighted by Crippen LogP contribution is -2.28. The van der Waals surface area contributed by atoms with Crippen molar-refractivity contribution < 1.29 is 4.79 Å². The van der Waals surface area contributed by atoms with Gasteiger partial charge in [0.2, 0.25) is 0 Å². The van der Waals surface area contributed by atoms with Gasteiger partial charge in [0.05, 0.1) is 0 Å². The van der Waals surface area contributed by atoms with Gasteiger partial charge in [-0.2, -0.15) is 0 Å². The summed E-state index contributed by atoms with van der Waals surface area (Å²) in [6.07, 6.45) is 2.02. The Bertz CT molecular complexity index is 677. The highest BCUT2D eigenvalue weighted by Crippen LogP contribution is 2.46. The van der Waals surface area contributed by atoms with Crippen LogP contribution in [0.4, 0.5) is 11.4 Å². The Morgan fingerprint density at radius 2 is 2.00 bits per heavy atom. The van der Waals surface area contributed by atoms with E-state index in [0.717, 1.165) is 18.3 Å². The molecule has 108 valence electrons. The zero-order valence-corrected chi connectivity index (χ0v) is 12.8. The van der Waals surface area contributed by atoms with Gasteiger partial charge in [0.15, 0.2) is 0 Å². The molecular weight excluding hydrogens is 258 g/mol. The van der Waals surface area contributed by atoms with E-state index in [1.807, 2.05) is 12.1 Å². The monoisotopic (exact) mass is 279 g/mol. The van der Waals surface area contributed by atoms with Crippen molar-refractivity contribution in [3.63, 3.8) is 0 Å². The smallest absolute Gasteiger partial charge is 0.150 e. The molecule has 0 saturated carbocycles. The number of rotatable bonds is 3. The highest BCUT2D eigenvalue weighted by Gasteiger charge is 2.35. The second kappa shape index (κ2) is 5.36. The Morgan fingerprint density at radius 3 is 2.67 bits per heavy atom. The van der Waals surface area contributed by atoms with E-state index < -0.39 is 0 Å². The Balaban J connectivity index is 2.14. The predicted molar refractivity (Wildman–Crippen MR) is 87.6 cm³/mol. The molecule has 2 atom stereocenters. The van der Waals surface area contributed by atoms with Crippen molar-refractivity contribution in [3.05, 3.63) is 59.2 Å². The molecule has 2 aromatic carbocycles. The Hall–Kier alpha value is -2.09. The lowest BCUT2D eigenvalue weighted by atomic mass is 9.94. The molecule has 1 aliphatic rings. The zero-order chi connectivity index (χ0) is 15.0. The number of aryl methyl sites for hydroxylation is 1. The van der Waals surface area contributed by atoms with Gasteiger partial charge in [-0.25, -0.2) is 0 Å². The summed E-state index contributed by atoms with van der Waals surface area (Å²) in [6.45, 7) is 6.62. The van der Waals surface area contributed by atoms with Crippen molar-refractivity contribution in [2.75, 3.05) is 4.90 Å². The number of anilines is 2. The summed E-state index contributed by atoms with van der Waals surface area (Å²) in [5.74, 6) is 0.436. The fourth-order valence-electron chi connectivity index (χ4n) is 3.48. The van der Waals surface area contributed by atoms with Crippen LogP contribution >= 0.6 is 0 Å². The van der Waals surface area contributed by atoms with Crippen LogP contribution in [0.5, 0.6) is 0 Å². The summed E-state index contributed by atoms with van der Waals surface area (Å²) in [4.78, 5) is 13.5. The van der Waals surface area contributed by atoms with Crippen molar-refractivity contribution in [2.24, 2.45) is 0 Å². The molecule has 2 aromatic rings. The Kier molecular flexibility index (Phi) is 3.54. The average molecular weight is 279 g/mol. The van der Waals surface area contributed by atoms with Crippen LogP contribution in [0, 0.1) is 6.92 Å². The molecule has 0 bridgehead atoms. The van der Waals surface area contributed by atoms with Gasteiger partial charge in [-0.15, -0.1) is 0 Å². The van der Waals surface area contributed by atoms with Gasteiger partial charge in [-0.05, 0) is 54.8 Å². The van der Waals surface area contributed by atoms with Crippen LogP contribution in [0.15, 0.2) is 42.5 Å². The van der Waals surface area contributed by atoms with Crippen molar-refractivity contribution in [3.8, 4) is 0 Å². The molecule has 0 aliphatic carbocycles. The van der Waals surface area contributed by atoms with Crippen molar-refractivity contribution in [1.82, 2.24) is 0 Å². The lowest BCUT2D eigenvalue weighted by molar-refractivity contribution is 0.112. The molecule has 0 fully saturated rings. The number of hydrogen-bond acceptors (Lipinski definition) is 2. The minimum Gasteiger partial charge on any atom is -0.338 e. The first-order valence-corrected chi connectivity index (χ1v) is 7.60. The van der Waals surface area contributed by atoms with Crippen molar-refractivity contribution in [1.29, 1.82) is 0 Å². The van der Waals surface area contributed by atoms with Crippen LogP contribution in [-0.2, 0) is 0 Å². The molecule has 1 heterocycles. The first-order chi connectivity index (χ1) is 10.2. The molecule has 0 aromatic heterocycles. The minimum atomic E-state index is 0.436. The van der Waals surface area contributed by atoms with Crippen LogP contribution in [0.25, 0.3) is 0 Å². The maximum Gasteiger partial charge on any atom is 0.150 e. The molecule has 0 amide bonds. The van der Waals surface area contributed by atoms with E-state index in [0.29, 0.717) is 12.0 Å². The van der Waals surface area contributed by atoms with Gasteiger partial charge in [-0.3, -0.25) is 4.79 Å². The molecular formula is C19H21NO. The van der Waals surface area contributed by atoms with Crippen molar-refractivity contribution in [2.45, 2.75) is 39.2 Å². The molecule has 0 radical (unpaired) electrons. The minimum absolute atomic E-state index is 0.436. The van der Waals surface area contributed by atoms with Crippen LogP contribution in [-0.4, -0.2) is 12.3 Å². The number of carbonyl (C=O) groups is 1. The molecule has 1 aliphatic heterocycles. The van der Waals surface area contributed by atoms with E-state index >= 15 is 0 Å². The van der Waals surface area contributed by atoms with Crippen LogP contribution in [0.1, 0.15) is 47.7 Å². The first-order valence-electron chi connectivity index (χ1n) is 7.60. The fraction of sp³-hybridized carbons (Fsp3) is 0.316. The first kappa shape index (κ1) is 13.9. The molecule has 0 N–H and O–H groups in total. The molecule has 0 spiro atoms. The highest BCUT2D eigenvalue weighted by atomic mass is 16.1. The summed E-state index contributed by atoms with van der Waals surface area (Å²) < 4.78 is 0. The standard InChI is InChI=1S/C19H21NO/c1-4-18-14(3)17-11-15(12-21)8-9-19(17)20(18)16-7-5-6-13(2)10-16/h5-12,14,18H,4H2,1-3H3. The highest BCUT2D eigenvalue weighted by molar-refractivity contribution is 5.80. The maximum atomic E-state index is 11.0. The number of carbonyl (C=O) groups excluding carboxylic acids is 1. The van der Waals surface area contributed by atoms with Crippen LogP contribution in [0.2, 0.25) is 0 Å². The fourth-order valence-corrected chi connectivity index (χ4v) is 3.48. The average Bonchev–Trinajstić information content (AvgIpc) is 2.79. The second-order valence-corrected chi connectivity index (χ2v) is 5.91. The third-order valence-corrected chi connectivity index (χ3v) is 4.54. The van der Waals surface area contributed by atoms with E-state index in [1.54, 1.807) is 0 Å². The number of aldehydes is 1. The zero-order valence-electron chi connectivity index (χ0n) is 12.8. The van der Waals surface area contributed by atoms with Crippen LogP contribution in [0.3, 0.4) is 0 Å². The van der Waals surface area contributed by atoms with Gasteiger partial charge >= 0.3 is 0 Å². The molecule has 21 heavy (non-hydrogen) atoms. The molecule has 2 unspecified atom stereocenters. The summed E-state index contributed by atoms with van der Waals surface area (Å²) in [5.41, 5.74) is 5.80. The summed E-state index contributed by atoms with van der Waals surface area (Å²) in [6, 6.07) is 15.1. The van der Waals surface area contributed by atoms with Crippen LogP contribution < -0.4 is 4.90 Å². The van der Waals surface area contributed by atoms with E-state index in [4.69, 9.17) is 0 Å². The SMILES string of the molecule is CCC1C(C)c2cc(C=O)ccc2N1c1cccc(C)c1. The number of nitrogens with zero attached hydrogens (tertiary/aromatic N) is 1. The molecule has 2 nitrogen and oxygen atoms in total. The largest absolute Gasteiger partial charge is 0.338 e. The molecule has 0 saturated heterocycles. The maximum absolute atomic E-state index is 11.0. The normalized spacial score (nSPS) is 20.4. The topological polar surface area (TPSA) is 20.3 Å². The predicted octanol–water partition coefficient (Wildman–Crippen LogP) is 4.84. The Morgan fingerprint density at radius 1 is 1.19 bits per heavy atom. The van der Waals surface area contributed by atoms with Crippen molar-refractivity contribution >= 4 is 17.7 Å². The second-order valence-electron chi connectivity index (χ2n) is 5.91. The van der Waals surface area contributed by atoms with E-state index in [-0.39, 0.29) is 0 Å². The summed E-state index contributed by atoms with van der Waals surface area (Å²) in [5, 5.41) is 0. The Labute approximate surface area is 126 Å². The summed E-state index contributed by atoms with van der Waals surface area (Å²) in [7, 11) is 0. The van der Waals surface area contributed by atoms with E-state index in [1.165, 1.54) is 22.5 Å². The van der Waals surface area contributed by atoms with E-state index in [2.05, 4.69) is 56.0 Å². The van der Waals surface area contributed by atoms with Gasteiger partial charge in [-0.1, -0.05) is 26.0 Å². The number of hydrogen-bond donors (Lipinski definition) is 0. The molecule has 3 rings (SSSR count).